The lowest BCUT2D eigenvalue weighted by atomic mass is 9.80. The van der Waals surface area contributed by atoms with Gasteiger partial charge < -0.3 is 0 Å². The van der Waals surface area contributed by atoms with E-state index in [1.54, 1.807) is 0 Å². The Morgan fingerprint density at radius 1 is 1.15 bits per heavy atom. The average molecular weight is 185 g/mol. The molecule has 0 N–H and O–H groups in total. The highest BCUT2D eigenvalue weighted by Gasteiger charge is 2.31. The Kier molecular flexibility index (Phi) is 2.53. The summed E-state index contributed by atoms with van der Waals surface area (Å²) in [7, 11) is 0. The monoisotopic (exact) mass is 185 g/mol. The number of hydrogen-bond acceptors (Lipinski definition) is 0. The lowest BCUT2D eigenvalue weighted by Gasteiger charge is -2.27. The molecule has 1 heteroatoms. The smallest absolute Gasteiger partial charge is 0.101 e. The van der Waals surface area contributed by atoms with Crippen LogP contribution in [0.15, 0.2) is 0 Å². The van der Waals surface area contributed by atoms with Crippen molar-refractivity contribution in [3.8, 4) is 0 Å². The molecule has 0 spiro atoms. The van der Waals surface area contributed by atoms with E-state index < -0.39 is 6.17 Å². The zero-order chi connectivity index (χ0) is 10.1. The van der Waals surface area contributed by atoms with Crippen LogP contribution < -0.4 is 0 Å². The molecule has 5 unspecified atom stereocenters. The van der Waals surface area contributed by atoms with Crippen molar-refractivity contribution in [2.45, 2.75) is 58.0 Å². The van der Waals surface area contributed by atoms with Gasteiger partial charge in [0, 0.05) is 1.37 Å². The van der Waals surface area contributed by atoms with Crippen molar-refractivity contribution in [3.63, 3.8) is 0 Å². The Balaban J connectivity index is 2.05. The summed E-state index contributed by atoms with van der Waals surface area (Å²) in [5.41, 5.74) is 0. The van der Waals surface area contributed by atoms with E-state index in [1.807, 2.05) is 0 Å². The lowest BCUT2D eigenvalue weighted by Crippen LogP contribution is -2.20. The van der Waals surface area contributed by atoms with Gasteiger partial charge in [-0.05, 0) is 37.0 Å². The van der Waals surface area contributed by atoms with Gasteiger partial charge in [-0.1, -0.05) is 32.6 Å². The van der Waals surface area contributed by atoms with Crippen LogP contribution in [0.3, 0.4) is 0 Å². The van der Waals surface area contributed by atoms with Gasteiger partial charge in [0.2, 0.25) is 0 Å². The topological polar surface area (TPSA) is 0 Å². The molecule has 76 valence electrons. The molecule has 0 aromatic rings. The number of fused-ring (bicyclic) bond motifs is 1. The summed E-state index contributed by atoms with van der Waals surface area (Å²) in [6.07, 6.45) is 5.43. The summed E-state index contributed by atoms with van der Waals surface area (Å²) < 4.78 is 21.7. The minimum atomic E-state index is -0.594. The molecular formula is C12H21F. The van der Waals surface area contributed by atoms with E-state index in [4.69, 9.17) is 1.37 Å². The summed E-state index contributed by atoms with van der Waals surface area (Å²) >= 11 is 0. The zero-order valence-corrected chi connectivity index (χ0v) is 8.51. The normalized spacial score (nSPS) is 53.4. The largest absolute Gasteiger partial charge is 0.247 e. The SMILES string of the molecule is [2H]C1CC(C)CC(F)CC2CCCC12. The van der Waals surface area contributed by atoms with E-state index in [1.165, 1.54) is 19.3 Å². The Hall–Kier alpha value is -0.0700. The van der Waals surface area contributed by atoms with E-state index in [0.29, 0.717) is 24.2 Å². The second-order valence-corrected chi connectivity index (χ2v) is 5.00. The number of hydrogen-bond donors (Lipinski definition) is 0. The first-order valence-corrected chi connectivity index (χ1v) is 5.73. The zero-order valence-electron chi connectivity index (χ0n) is 9.51. The van der Waals surface area contributed by atoms with Crippen LogP contribution in [-0.4, -0.2) is 6.17 Å². The molecule has 0 aromatic heterocycles. The molecular weight excluding hydrogens is 163 g/mol. The maximum atomic E-state index is 13.6. The van der Waals surface area contributed by atoms with Gasteiger partial charge in [-0.15, -0.1) is 0 Å². The van der Waals surface area contributed by atoms with Crippen molar-refractivity contribution in [2.75, 3.05) is 0 Å². The highest BCUT2D eigenvalue weighted by atomic mass is 19.1. The summed E-state index contributed by atoms with van der Waals surface area (Å²) in [6.45, 7) is 2.10. The molecule has 2 fully saturated rings. The van der Waals surface area contributed by atoms with Crippen molar-refractivity contribution in [3.05, 3.63) is 0 Å². The minimum Gasteiger partial charge on any atom is -0.247 e. The minimum absolute atomic E-state index is 0.0880. The van der Waals surface area contributed by atoms with Gasteiger partial charge in [-0.3, -0.25) is 0 Å². The molecule has 0 nitrogen and oxygen atoms in total. The maximum Gasteiger partial charge on any atom is 0.101 e. The van der Waals surface area contributed by atoms with Crippen LogP contribution in [0.2, 0.25) is 0 Å². The quantitative estimate of drug-likeness (QED) is 0.536. The first kappa shape index (κ1) is 8.26. The summed E-state index contributed by atoms with van der Waals surface area (Å²) in [4.78, 5) is 0. The maximum absolute atomic E-state index is 13.6. The van der Waals surface area contributed by atoms with Crippen LogP contribution in [0.25, 0.3) is 0 Å². The Labute approximate surface area is 82.3 Å². The molecule has 2 aliphatic carbocycles. The van der Waals surface area contributed by atoms with Crippen LogP contribution in [0.4, 0.5) is 4.39 Å². The lowest BCUT2D eigenvalue weighted by molar-refractivity contribution is 0.168. The molecule has 2 saturated carbocycles. The first-order valence-electron chi connectivity index (χ1n) is 6.31. The fourth-order valence-electron chi connectivity index (χ4n) is 3.03. The van der Waals surface area contributed by atoms with E-state index in [0.717, 1.165) is 12.8 Å². The third kappa shape index (κ3) is 2.24. The van der Waals surface area contributed by atoms with Gasteiger partial charge in [0.1, 0.15) is 6.17 Å². The Morgan fingerprint density at radius 3 is 2.77 bits per heavy atom. The highest BCUT2D eigenvalue weighted by molar-refractivity contribution is 4.83. The first-order chi connectivity index (χ1) is 6.66. The molecule has 2 aliphatic rings. The van der Waals surface area contributed by atoms with Crippen LogP contribution in [0, 0.1) is 17.8 Å². The molecule has 5 atom stereocenters. The van der Waals surface area contributed by atoms with Gasteiger partial charge in [0.25, 0.3) is 0 Å². The Morgan fingerprint density at radius 2 is 1.92 bits per heavy atom. The standard InChI is InChI=1S/C12H21F/c1-9-5-6-10-3-2-4-11(10)8-12(13)7-9/h9-12H,2-8H2,1H3/i6D. The predicted molar refractivity (Wildman–Crippen MR) is 53.4 cm³/mol. The number of alkyl halides is 1. The number of halogens is 1. The second kappa shape index (κ2) is 3.98. The van der Waals surface area contributed by atoms with Gasteiger partial charge in [0.05, 0.1) is 0 Å². The van der Waals surface area contributed by atoms with E-state index in [9.17, 15) is 4.39 Å². The summed E-state index contributed by atoms with van der Waals surface area (Å²) in [6, 6.07) is 0. The van der Waals surface area contributed by atoms with E-state index in [-0.39, 0.29) is 6.40 Å². The van der Waals surface area contributed by atoms with E-state index in [2.05, 4.69) is 6.92 Å². The van der Waals surface area contributed by atoms with Crippen LogP contribution in [-0.2, 0) is 0 Å². The van der Waals surface area contributed by atoms with Gasteiger partial charge in [-0.25, -0.2) is 4.39 Å². The fraction of sp³-hybridized carbons (Fsp3) is 1.00. The molecule has 0 radical (unpaired) electrons. The van der Waals surface area contributed by atoms with Crippen LogP contribution >= 0.6 is 0 Å². The Bertz CT molecular complexity index is 195. The van der Waals surface area contributed by atoms with Crippen LogP contribution in [0.1, 0.15) is 53.2 Å². The van der Waals surface area contributed by atoms with Crippen LogP contribution in [0.5, 0.6) is 0 Å². The van der Waals surface area contributed by atoms with Crippen molar-refractivity contribution in [1.82, 2.24) is 0 Å². The van der Waals surface area contributed by atoms with Gasteiger partial charge >= 0.3 is 0 Å². The summed E-state index contributed by atoms with van der Waals surface area (Å²) in [5, 5.41) is 0. The molecule has 2 rings (SSSR count). The van der Waals surface area contributed by atoms with Gasteiger partial charge in [-0.2, -0.15) is 0 Å². The average Bonchev–Trinajstić information content (AvgIpc) is 2.49. The van der Waals surface area contributed by atoms with Crippen molar-refractivity contribution in [2.24, 2.45) is 17.8 Å². The molecule has 13 heavy (non-hydrogen) atoms. The second-order valence-electron chi connectivity index (χ2n) is 5.00. The van der Waals surface area contributed by atoms with Crippen molar-refractivity contribution >= 4 is 0 Å². The third-order valence-electron chi connectivity index (χ3n) is 3.78. The number of rotatable bonds is 0. The summed E-state index contributed by atoms with van der Waals surface area (Å²) in [5.74, 6) is 1.45. The van der Waals surface area contributed by atoms with Crippen molar-refractivity contribution in [1.29, 1.82) is 0 Å². The van der Waals surface area contributed by atoms with Gasteiger partial charge in [0.15, 0.2) is 0 Å². The molecule has 0 amide bonds. The molecule has 0 saturated heterocycles. The highest BCUT2D eigenvalue weighted by Crippen LogP contribution is 2.41. The fourth-order valence-corrected chi connectivity index (χ4v) is 3.03. The van der Waals surface area contributed by atoms with E-state index >= 15 is 0 Å². The predicted octanol–water partition coefficient (Wildman–Crippen LogP) is 3.95. The molecule has 0 aromatic carbocycles. The molecule has 0 heterocycles. The molecule has 0 bridgehead atoms. The third-order valence-corrected chi connectivity index (χ3v) is 3.78. The van der Waals surface area contributed by atoms with Crippen molar-refractivity contribution < 1.29 is 5.76 Å². The molecule has 0 aliphatic heterocycles.